The van der Waals surface area contributed by atoms with Crippen LogP contribution in [0.15, 0.2) is 0 Å². The second kappa shape index (κ2) is 16.8. The van der Waals surface area contributed by atoms with Gasteiger partial charge in [-0.2, -0.15) is 0 Å². The summed E-state index contributed by atoms with van der Waals surface area (Å²) in [7, 11) is 0. The minimum absolute atomic E-state index is 0.0682. The van der Waals surface area contributed by atoms with Gasteiger partial charge in [-0.3, -0.25) is 4.79 Å². The van der Waals surface area contributed by atoms with Crippen LogP contribution in [-0.2, 0) is 9.53 Å². The van der Waals surface area contributed by atoms with Crippen molar-refractivity contribution in [1.29, 1.82) is 0 Å². The second-order valence-corrected chi connectivity index (χ2v) is 3.82. The van der Waals surface area contributed by atoms with Crippen molar-refractivity contribution in [3.8, 4) is 0 Å². The van der Waals surface area contributed by atoms with Crippen molar-refractivity contribution >= 4 is 5.97 Å². The zero-order chi connectivity index (χ0) is 12.6. The topological polar surface area (TPSA) is 52.3 Å². The number of hydrogen-bond acceptors (Lipinski definition) is 3. The van der Waals surface area contributed by atoms with Crippen molar-refractivity contribution in [1.82, 2.24) is 0 Å². The molecule has 16 heavy (non-hydrogen) atoms. The molecule has 0 rings (SSSR count). The smallest absolute Gasteiger partial charge is 0.305 e. The van der Waals surface area contributed by atoms with E-state index in [0.29, 0.717) is 13.0 Å². The van der Waals surface area contributed by atoms with Crippen LogP contribution >= 0.6 is 0 Å². The summed E-state index contributed by atoms with van der Waals surface area (Å²) in [5.74, 6) is -0.0682. The minimum Gasteiger partial charge on any atom is -0.466 e. The number of ether oxygens (including phenoxy) is 1. The maximum Gasteiger partial charge on any atom is 0.305 e. The molecule has 3 heteroatoms. The summed E-state index contributed by atoms with van der Waals surface area (Å²) in [6.07, 6.45) is 7.33. The van der Waals surface area contributed by atoms with E-state index in [2.05, 4.69) is 13.8 Å². The first-order chi connectivity index (χ1) is 7.72. The van der Waals surface area contributed by atoms with Crippen LogP contribution < -0.4 is 5.73 Å². The van der Waals surface area contributed by atoms with Crippen LogP contribution in [0.2, 0.25) is 0 Å². The molecule has 0 fully saturated rings. The molecule has 0 aromatic heterocycles. The molecular formula is C13H29NO2. The predicted molar refractivity (Wildman–Crippen MR) is 69.4 cm³/mol. The van der Waals surface area contributed by atoms with Gasteiger partial charge in [0.25, 0.3) is 0 Å². The summed E-state index contributed by atoms with van der Waals surface area (Å²) in [5.41, 5.74) is 5.36. The van der Waals surface area contributed by atoms with E-state index >= 15 is 0 Å². The van der Waals surface area contributed by atoms with E-state index in [1.165, 1.54) is 19.3 Å². The van der Waals surface area contributed by atoms with E-state index in [0.717, 1.165) is 25.8 Å². The zero-order valence-corrected chi connectivity index (χ0v) is 11.3. The molecule has 0 amide bonds. The first-order valence-corrected chi connectivity index (χ1v) is 6.58. The average Bonchev–Trinajstić information content (AvgIpc) is 2.25. The van der Waals surface area contributed by atoms with Crippen LogP contribution in [0, 0.1) is 0 Å². The minimum atomic E-state index is -0.0682. The van der Waals surface area contributed by atoms with Crippen molar-refractivity contribution in [2.24, 2.45) is 5.73 Å². The Morgan fingerprint density at radius 2 is 1.50 bits per heavy atom. The third kappa shape index (κ3) is 19.1. The molecule has 0 unspecified atom stereocenters. The maximum atomic E-state index is 10.9. The highest BCUT2D eigenvalue weighted by Gasteiger charge is 1.99. The van der Waals surface area contributed by atoms with Crippen LogP contribution in [0.25, 0.3) is 0 Å². The van der Waals surface area contributed by atoms with E-state index in [4.69, 9.17) is 10.5 Å². The highest BCUT2D eigenvalue weighted by atomic mass is 16.5. The summed E-state index contributed by atoms with van der Waals surface area (Å²) in [6.45, 7) is 7.35. The van der Waals surface area contributed by atoms with Gasteiger partial charge in [0.1, 0.15) is 0 Å². The first kappa shape index (κ1) is 17.8. The van der Waals surface area contributed by atoms with Crippen LogP contribution in [0.1, 0.15) is 65.7 Å². The van der Waals surface area contributed by atoms with E-state index in [1.54, 1.807) is 0 Å². The molecule has 0 aromatic carbocycles. The number of carbonyl (C=O) groups is 1. The molecule has 0 aliphatic heterocycles. The van der Waals surface area contributed by atoms with Crippen molar-refractivity contribution < 1.29 is 9.53 Å². The molecule has 0 saturated carbocycles. The fraction of sp³-hybridized carbons (Fsp3) is 0.923. The Morgan fingerprint density at radius 1 is 1.00 bits per heavy atom. The zero-order valence-electron chi connectivity index (χ0n) is 11.3. The van der Waals surface area contributed by atoms with Gasteiger partial charge in [0.05, 0.1) is 6.61 Å². The van der Waals surface area contributed by atoms with Crippen LogP contribution in [-0.4, -0.2) is 19.1 Å². The number of nitrogens with two attached hydrogens (primary N) is 1. The van der Waals surface area contributed by atoms with Gasteiger partial charge in [-0.25, -0.2) is 0 Å². The van der Waals surface area contributed by atoms with E-state index in [9.17, 15) is 4.79 Å². The third-order valence-corrected chi connectivity index (χ3v) is 1.89. The number of unbranched alkanes of at least 4 members (excludes halogenated alkanes) is 4. The summed E-state index contributed by atoms with van der Waals surface area (Å²) in [5, 5.41) is 0. The van der Waals surface area contributed by atoms with Crippen LogP contribution in [0.3, 0.4) is 0 Å². The fourth-order valence-electron chi connectivity index (χ4n) is 1.18. The van der Waals surface area contributed by atoms with E-state index in [-0.39, 0.29) is 5.97 Å². The second-order valence-electron chi connectivity index (χ2n) is 3.82. The average molecular weight is 231 g/mol. The largest absolute Gasteiger partial charge is 0.466 e. The molecule has 98 valence electrons. The van der Waals surface area contributed by atoms with Crippen molar-refractivity contribution in [3.05, 3.63) is 0 Å². The molecule has 0 heterocycles. The molecular weight excluding hydrogens is 202 g/mol. The Hall–Kier alpha value is -0.570. The highest BCUT2D eigenvalue weighted by Crippen LogP contribution is 2.05. The van der Waals surface area contributed by atoms with E-state index < -0.39 is 0 Å². The van der Waals surface area contributed by atoms with Gasteiger partial charge in [0.2, 0.25) is 0 Å². The number of rotatable bonds is 8. The van der Waals surface area contributed by atoms with Crippen LogP contribution in [0.4, 0.5) is 0 Å². The molecule has 0 atom stereocenters. The summed E-state index contributed by atoms with van der Waals surface area (Å²) in [6, 6.07) is 0. The number of esters is 1. The molecule has 3 nitrogen and oxygen atoms in total. The Labute approximate surface area is 101 Å². The lowest BCUT2D eigenvalue weighted by Gasteiger charge is -2.01. The molecule has 0 saturated heterocycles. The fourth-order valence-corrected chi connectivity index (χ4v) is 1.18. The molecule has 0 spiro atoms. The van der Waals surface area contributed by atoms with Crippen molar-refractivity contribution in [3.63, 3.8) is 0 Å². The Bertz CT molecular complexity index is 138. The summed E-state index contributed by atoms with van der Waals surface area (Å²) in [4.78, 5) is 10.9. The molecule has 0 bridgehead atoms. The van der Waals surface area contributed by atoms with Crippen molar-refractivity contribution in [2.45, 2.75) is 65.7 Å². The number of carbonyl (C=O) groups excluding carboxylic acids is 1. The Balaban J connectivity index is 0. The predicted octanol–water partition coefficient (Wildman–Crippen LogP) is 3.27. The van der Waals surface area contributed by atoms with Gasteiger partial charge in [-0.05, 0) is 26.3 Å². The lowest BCUT2D eigenvalue weighted by Crippen LogP contribution is -2.03. The van der Waals surface area contributed by atoms with Gasteiger partial charge in [-0.1, -0.05) is 39.5 Å². The third-order valence-electron chi connectivity index (χ3n) is 1.89. The number of hydrogen-bond donors (Lipinski definition) is 1. The lowest BCUT2D eigenvalue weighted by molar-refractivity contribution is -0.143. The molecule has 0 aliphatic rings. The SMILES string of the molecule is CCC.CCOC(=O)CCCCCCCN. The lowest BCUT2D eigenvalue weighted by atomic mass is 10.1. The monoisotopic (exact) mass is 231 g/mol. The van der Waals surface area contributed by atoms with Gasteiger partial charge < -0.3 is 10.5 Å². The highest BCUT2D eigenvalue weighted by molar-refractivity contribution is 5.69. The molecule has 2 N–H and O–H groups in total. The standard InChI is InChI=1S/C10H21NO2.C3H8/c1-2-13-10(12)8-6-4-3-5-7-9-11;1-3-2/h2-9,11H2,1H3;3H2,1-2H3. The Morgan fingerprint density at radius 3 is 2.00 bits per heavy atom. The molecule has 0 aliphatic carbocycles. The Kier molecular flexibility index (Phi) is 18.8. The van der Waals surface area contributed by atoms with Crippen molar-refractivity contribution in [2.75, 3.05) is 13.2 Å². The molecule has 0 radical (unpaired) electrons. The van der Waals surface area contributed by atoms with Crippen LogP contribution in [0.5, 0.6) is 0 Å². The maximum absolute atomic E-state index is 10.9. The molecule has 0 aromatic rings. The van der Waals surface area contributed by atoms with Gasteiger partial charge >= 0.3 is 5.97 Å². The summed E-state index contributed by atoms with van der Waals surface area (Å²) >= 11 is 0. The summed E-state index contributed by atoms with van der Waals surface area (Å²) < 4.78 is 4.81. The quantitative estimate of drug-likeness (QED) is 0.515. The normalized spacial score (nSPS) is 9.25. The van der Waals surface area contributed by atoms with Gasteiger partial charge in [0.15, 0.2) is 0 Å². The van der Waals surface area contributed by atoms with Gasteiger partial charge in [-0.15, -0.1) is 0 Å². The van der Waals surface area contributed by atoms with Gasteiger partial charge in [0, 0.05) is 6.42 Å². The van der Waals surface area contributed by atoms with E-state index in [1.807, 2.05) is 6.92 Å². The first-order valence-electron chi connectivity index (χ1n) is 6.58.